The second-order valence-electron chi connectivity index (χ2n) is 4.05. The Morgan fingerprint density at radius 3 is 1.76 bits per heavy atom. The van der Waals surface area contributed by atoms with Gasteiger partial charge in [0.1, 0.15) is 0 Å². The molecule has 0 bridgehead atoms. The average molecular weight is 290 g/mol. The van der Waals surface area contributed by atoms with Crippen molar-refractivity contribution in [2.75, 3.05) is 37.9 Å². The fourth-order valence-electron chi connectivity index (χ4n) is 1.57. The lowest BCUT2D eigenvalue weighted by atomic mass is 10.4. The van der Waals surface area contributed by atoms with E-state index in [0.29, 0.717) is 23.7 Å². The first kappa shape index (κ1) is 14.8. The highest BCUT2D eigenvalue weighted by Crippen LogP contribution is 2.08. The lowest BCUT2D eigenvalue weighted by Crippen LogP contribution is -2.12. The third-order valence-corrected chi connectivity index (χ3v) is 2.60. The fourth-order valence-corrected chi connectivity index (χ4v) is 1.57. The van der Waals surface area contributed by atoms with Gasteiger partial charge in [0.2, 0.25) is 23.7 Å². The minimum atomic E-state index is 0.537. The molecule has 112 valence electrons. The van der Waals surface area contributed by atoms with Gasteiger partial charge in [-0.25, -0.2) is 9.97 Å². The van der Waals surface area contributed by atoms with Crippen LogP contribution in [-0.4, -0.2) is 47.2 Å². The molecule has 0 atom stereocenters. The molecule has 2 rings (SSSR count). The summed E-state index contributed by atoms with van der Waals surface area (Å²) in [6, 6.07) is 3.40. The van der Waals surface area contributed by atoms with Crippen LogP contribution in [0.4, 0.5) is 11.9 Å². The topological polar surface area (TPSA) is 94.1 Å². The molecule has 0 aliphatic heterocycles. The van der Waals surface area contributed by atoms with Gasteiger partial charge < -0.3 is 20.1 Å². The van der Waals surface area contributed by atoms with Gasteiger partial charge in [-0.05, 0) is 6.42 Å². The molecule has 0 fully saturated rings. The number of nitrogens with zero attached hydrogens (tertiary/aromatic N) is 4. The lowest BCUT2D eigenvalue weighted by molar-refractivity contribution is 0.397. The van der Waals surface area contributed by atoms with Gasteiger partial charge in [0.15, 0.2) is 0 Å². The smallest absolute Gasteiger partial charge is 0.225 e. The van der Waals surface area contributed by atoms with Crippen LogP contribution in [-0.2, 0) is 0 Å². The average Bonchev–Trinajstić information content (AvgIpc) is 2.55. The Morgan fingerprint density at radius 1 is 0.857 bits per heavy atom. The zero-order chi connectivity index (χ0) is 14.9. The first-order valence-electron chi connectivity index (χ1n) is 6.53. The van der Waals surface area contributed by atoms with E-state index in [4.69, 9.17) is 9.47 Å². The van der Waals surface area contributed by atoms with Crippen molar-refractivity contribution in [2.45, 2.75) is 6.42 Å². The Labute approximate surface area is 123 Å². The highest BCUT2D eigenvalue weighted by atomic mass is 16.5. The first-order chi connectivity index (χ1) is 10.3. The van der Waals surface area contributed by atoms with Crippen molar-refractivity contribution < 1.29 is 9.47 Å². The maximum Gasteiger partial charge on any atom is 0.225 e. The van der Waals surface area contributed by atoms with Gasteiger partial charge in [-0.3, -0.25) is 0 Å². The van der Waals surface area contributed by atoms with Crippen molar-refractivity contribution in [3.8, 4) is 11.8 Å². The monoisotopic (exact) mass is 290 g/mol. The molecule has 0 saturated carbocycles. The van der Waals surface area contributed by atoms with Gasteiger partial charge >= 0.3 is 0 Å². The van der Waals surface area contributed by atoms with Gasteiger partial charge in [0.25, 0.3) is 0 Å². The van der Waals surface area contributed by atoms with Crippen molar-refractivity contribution in [1.29, 1.82) is 0 Å². The van der Waals surface area contributed by atoms with Crippen molar-refractivity contribution in [1.82, 2.24) is 19.9 Å². The molecule has 2 aromatic rings. The van der Waals surface area contributed by atoms with E-state index in [1.54, 1.807) is 38.7 Å². The Bertz CT molecular complexity index is 516. The number of anilines is 2. The second-order valence-corrected chi connectivity index (χ2v) is 4.05. The molecule has 0 aromatic carbocycles. The number of hydrogen-bond acceptors (Lipinski definition) is 8. The largest absolute Gasteiger partial charge is 0.481 e. The van der Waals surface area contributed by atoms with E-state index in [0.717, 1.165) is 19.5 Å². The van der Waals surface area contributed by atoms with Crippen LogP contribution in [0.25, 0.3) is 0 Å². The van der Waals surface area contributed by atoms with E-state index < -0.39 is 0 Å². The molecule has 8 heteroatoms. The highest BCUT2D eigenvalue weighted by Gasteiger charge is 2.00. The maximum atomic E-state index is 5.03. The zero-order valence-electron chi connectivity index (χ0n) is 12.0. The van der Waals surface area contributed by atoms with Gasteiger partial charge in [-0.1, -0.05) is 0 Å². The van der Waals surface area contributed by atoms with Crippen molar-refractivity contribution in [2.24, 2.45) is 0 Å². The molecule has 0 unspecified atom stereocenters. The minimum Gasteiger partial charge on any atom is -0.481 e. The third-order valence-electron chi connectivity index (χ3n) is 2.60. The number of ether oxygens (including phenoxy) is 2. The van der Waals surface area contributed by atoms with Crippen LogP contribution in [0.1, 0.15) is 6.42 Å². The van der Waals surface area contributed by atoms with Gasteiger partial charge in [0.05, 0.1) is 14.2 Å². The summed E-state index contributed by atoms with van der Waals surface area (Å²) in [6.07, 6.45) is 4.16. The van der Waals surface area contributed by atoms with Crippen molar-refractivity contribution >= 4 is 11.9 Å². The summed E-state index contributed by atoms with van der Waals surface area (Å²) < 4.78 is 10.1. The molecule has 2 heterocycles. The van der Waals surface area contributed by atoms with Crippen LogP contribution in [0.2, 0.25) is 0 Å². The van der Waals surface area contributed by atoms with Gasteiger partial charge in [-0.2, -0.15) is 9.97 Å². The summed E-state index contributed by atoms with van der Waals surface area (Å²) in [7, 11) is 3.15. The first-order valence-corrected chi connectivity index (χ1v) is 6.53. The van der Waals surface area contributed by atoms with Gasteiger partial charge in [-0.15, -0.1) is 0 Å². The van der Waals surface area contributed by atoms with E-state index >= 15 is 0 Å². The normalized spacial score (nSPS) is 10.0. The predicted octanol–water partition coefficient (Wildman–Crippen LogP) is 1.20. The van der Waals surface area contributed by atoms with E-state index in [-0.39, 0.29) is 0 Å². The van der Waals surface area contributed by atoms with Crippen LogP contribution in [0, 0.1) is 0 Å². The standard InChI is InChI=1S/C13H18N6O2/c1-20-10-4-8-16-12(18-10)14-6-3-7-15-13-17-9-5-11(19-13)21-2/h4-5,8-9H,3,6-7H2,1-2H3,(H,14,16,18)(H,15,17,19). The Morgan fingerprint density at radius 2 is 1.33 bits per heavy atom. The van der Waals surface area contributed by atoms with E-state index in [1.807, 2.05) is 0 Å². The third kappa shape index (κ3) is 4.75. The summed E-state index contributed by atoms with van der Waals surface area (Å²) in [5, 5.41) is 6.24. The molecule has 8 nitrogen and oxygen atoms in total. The second kappa shape index (κ2) is 7.83. The molecule has 21 heavy (non-hydrogen) atoms. The molecule has 2 N–H and O–H groups in total. The van der Waals surface area contributed by atoms with Crippen LogP contribution in [0.3, 0.4) is 0 Å². The molecular formula is C13H18N6O2. The molecular weight excluding hydrogens is 272 g/mol. The van der Waals surface area contributed by atoms with E-state index in [9.17, 15) is 0 Å². The van der Waals surface area contributed by atoms with Crippen LogP contribution in [0.15, 0.2) is 24.5 Å². The molecule has 0 radical (unpaired) electrons. The summed E-state index contributed by atoms with van der Waals surface area (Å²) in [5.41, 5.74) is 0. The van der Waals surface area contributed by atoms with Crippen LogP contribution in [0.5, 0.6) is 11.8 Å². The number of hydrogen-bond donors (Lipinski definition) is 2. The molecule has 0 aliphatic rings. The number of aromatic nitrogens is 4. The summed E-state index contributed by atoms with van der Waals surface area (Å²) >= 11 is 0. The lowest BCUT2D eigenvalue weighted by Gasteiger charge is -2.07. The quantitative estimate of drug-likeness (QED) is 0.700. The molecule has 2 aromatic heterocycles. The Kier molecular flexibility index (Phi) is 5.50. The fraction of sp³-hybridized carbons (Fsp3) is 0.385. The number of nitrogens with one attached hydrogen (secondary N) is 2. The summed E-state index contributed by atoms with van der Waals surface area (Å²) in [6.45, 7) is 1.45. The predicted molar refractivity (Wildman–Crippen MR) is 78.8 cm³/mol. The van der Waals surface area contributed by atoms with E-state index in [1.165, 1.54) is 0 Å². The van der Waals surface area contributed by atoms with Crippen LogP contribution >= 0.6 is 0 Å². The number of rotatable bonds is 8. The summed E-state index contributed by atoms with van der Waals surface area (Å²) in [5.74, 6) is 2.17. The summed E-state index contributed by atoms with van der Waals surface area (Å²) in [4.78, 5) is 16.5. The zero-order valence-corrected chi connectivity index (χ0v) is 12.0. The van der Waals surface area contributed by atoms with Gasteiger partial charge in [0, 0.05) is 37.6 Å². The highest BCUT2D eigenvalue weighted by molar-refractivity contribution is 5.28. The van der Waals surface area contributed by atoms with Crippen molar-refractivity contribution in [3.63, 3.8) is 0 Å². The number of methoxy groups -OCH3 is 2. The van der Waals surface area contributed by atoms with Crippen LogP contribution < -0.4 is 20.1 Å². The Hall–Kier alpha value is -2.64. The SMILES string of the molecule is COc1ccnc(NCCCNc2nccc(OC)n2)n1. The minimum absolute atomic E-state index is 0.537. The molecule has 0 saturated heterocycles. The van der Waals surface area contributed by atoms with Crippen molar-refractivity contribution in [3.05, 3.63) is 24.5 Å². The molecule has 0 spiro atoms. The molecule has 0 amide bonds. The molecule has 0 aliphatic carbocycles. The Balaban J connectivity index is 1.69. The maximum absolute atomic E-state index is 5.03. The van der Waals surface area contributed by atoms with E-state index in [2.05, 4.69) is 30.6 Å².